The zero-order chi connectivity index (χ0) is 11.7. The molecular formula is C13H12N2S2. The largest absolute Gasteiger partial charge is 0.243 e. The Kier molecular flexibility index (Phi) is 2.68. The second-order valence-electron chi connectivity index (χ2n) is 3.95. The van der Waals surface area contributed by atoms with Gasteiger partial charge in [0.15, 0.2) is 0 Å². The lowest BCUT2D eigenvalue weighted by Crippen LogP contribution is -2.33. The third-order valence-electron chi connectivity index (χ3n) is 2.83. The fourth-order valence-corrected chi connectivity index (χ4v) is 3.76. The van der Waals surface area contributed by atoms with Gasteiger partial charge in [0.25, 0.3) is 0 Å². The van der Waals surface area contributed by atoms with Crippen LogP contribution in [0, 0.1) is 0 Å². The molecule has 0 aliphatic carbocycles. The summed E-state index contributed by atoms with van der Waals surface area (Å²) in [7, 11) is 0. The van der Waals surface area contributed by atoms with Gasteiger partial charge >= 0.3 is 0 Å². The molecule has 0 fully saturated rings. The first-order chi connectivity index (χ1) is 8.31. The van der Waals surface area contributed by atoms with Crippen LogP contribution in [0.2, 0.25) is 0 Å². The van der Waals surface area contributed by atoms with Gasteiger partial charge in [-0.2, -0.15) is 5.10 Å². The van der Waals surface area contributed by atoms with E-state index in [0.29, 0.717) is 0 Å². The number of thiophene rings is 1. The zero-order valence-electron chi connectivity index (χ0n) is 9.41. The second kappa shape index (κ2) is 4.20. The summed E-state index contributed by atoms with van der Waals surface area (Å²) in [5, 5.41) is 8.69. The molecular weight excluding hydrogens is 248 g/mol. The molecule has 0 spiro atoms. The van der Waals surface area contributed by atoms with Crippen molar-refractivity contribution in [2.24, 2.45) is 5.10 Å². The Bertz CT molecular complexity index is 522. The SMILES string of the molecule is CC1(c2cccs2)SC=NN1c1ccccc1. The highest BCUT2D eigenvalue weighted by Crippen LogP contribution is 2.46. The quantitative estimate of drug-likeness (QED) is 0.807. The monoisotopic (exact) mass is 260 g/mol. The lowest BCUT2D eigenvalue weighted by molar-refractivity contribution is 0.665. The average Bonchev–Trinajstić information content (AvgIpc) is 2.99. The molecule has 1 aliphatic heterocycles. The summed E-state index contributed by atoms with van der Waals surface area (Å²) >= 11 is 3.52. The Morgan fingerprint density at radius 3 is 2.65 bits per heavy atom. The van der Waals surface area contributed by atoms with Crippen LogP contribution in [0.3, 0.4) is 0 Å². The van der Waals surface area contributed by atoms with Gasteiger partial charge in [0.1, 0.15) is 4.87 Å². The van der Waals surface area contributed by atoms with Crippen molar-refractivity contribution < 1.29 is 0 Å². The Morgan fingerprint density at radius 2 is 1.94 bits per heavy atom. The highest BCUT2D eigenvalue weighted by atomic mass is 32.2. The van der Waals surface area contributed by atoms with E-state index >= 15 is 0 Å². The van der Waals surface area contributed by atoms with Crippen molar-refractivity contribution >= 4 is 34.3 Å². The van der Waals surface area contributed by atoms with E-state index in [1.807, 2.05) is 23.7 Å². The van der Waals surface area contributed by atoms with Gasteiger partial charge in [-0.3, -0.25) is 0 Å². The molecule has 0 N–H and O–H groups in total. The number of hydrogen-bond donors (Lipinski definition) is 0. The summed E-state index contributed by atoms with van der Waals surface area (Å²) in [5.74, 6) is 0. The fraction of sp³-hybridized carbons (Fsp3) is 0.154. The Labute approximate surface area is 109 Å². The molecule has 17 heavy (non-hydrogen) atoms. The standard InChI is InChI=1S/C13H12N2S2/c1-13(12-8-5-9-16-12)15(14-10-17-13)11-6-3-2-4-7-11/h2-10H,1H3. The van der Waals surface area contributed by atoms with Crippen molar-refractivity contribution in [3.8, 4) is 0 Å². The average molecular weight is 260 g/mol. The number of hydrazone groups is 1. The van der Waals surface area contributed by atoms with Gasteiger partial charge in [-0.15, -0.1) is 11.3 Å². The predicted octanol–water partition coefficient (Wildman–Crippen LogP) is 4.12. The number of anilines is 1. The Morgan fingerprint density at radius 1 is 1.12 bits per heavy atom. The van der Waals surface area contributed by atoms with Crippen LogP contribution in [-0.4, -0.2) is 5.55 Å². The Hall–Kier alpha value is -1.26. The smallest absolute Gasteiger partial charge is 0.145 e. The van der Waals surface area contributed by atoms with Gasteiger partial charge in [-0.05, 0) is 30.5 Å². The molecule has 0 bridgehead atoms. The molecule has 86 valence electrons. The number of para-hydroxylation sites is 1. The zero-order valence-corrected chi connectivity index (χ0v) is 11.0. The minimum Gasteiger partial charge on any atom is -0.243 e. The third-order valence-corrected chi connectivity index (χ3v) is 5.09. The summed E-state index contributed by atoms with van der Waals surface area (Å²) in [6.07, 6.45) is 0. The minimum atomic E-state index is -0.116. The number of thioether (sulfide) groups is 1. The molecule has 3 rings (SSSR count). The first-order valence-corrected chi connectivity index (χ1v) is 7.16. The van der Waals surface area contributed by atoms with Gasteiger partial charge in [-0.1, -0.05) is 36.0 Å². The molecule has 2 aromatic rings. The predicted molar refractivity (Wildman–Crippen MR) is 76.7 cm³/mol. The van der Waals surface area contributed by atoms with E-state index < -0.39 is 0 Å². The first kappa shape index (κ1) is 10.9. The van der Waals surface area contributed by atoms with Crippen molar-refractivity contribution in [2.45, 2.75) is 11.8 Å². The van der Waals surface area contributed by atoms with Crippen LogP contribution in [0.4, 0.5) is 5.69 Å². The van der Waals surface area contributed by atoms with Crippen LogP contribution in [-0.2, 0) is 4.87 Å². The maximum Gasteiger partial charge on any atom is 0.145 e. The van der Waals surface area contributed by atoms with Crippen molar-refractivity contribution in [1.29, 1.82) is 0 Å². The van der Waals surface area contributed by atoms with E-state index in [1.165, 1.54) is 4.88 Å². The highest BCUT2D eigenvalue weighted by molar-refractivity contribution is 8.13. The summed E-state index contributed by atoms with van der Waals surface area (Å²) in [5.41, 5.74) is 3.05. The van der Waals surface area contributed by atoms with Gasteiger partial charge in [-0.25, -0.2) is 5.01 Å². The lowest BCUT2D eigenvalue weighted by atomic mass is 10.2. The van der Waals surface area contributed by atoms with E-state index in [1.54, 1.807) is 23.1 Å². The minimum absolute atomic E-state index is 0.116. The van der Waals surface area contributed by atoms with E-state index in [-0.39, 0.29) is 4.87 Å². The van der Waals surface area contributed by atoms with Gasteiger partial charge in [0.05, 0.1) is 11.2 Å². The molecule has 2 nitrogen and oxygen atoms in total. The molecule has 0 saturated carbocycles. The van der Waals surface area contributed by atoms with E-state index in [9.17, 15) is 0 Å². The summed E-state index contributed by atoms with van der Waals surface area (Å²) in [6, 6.07) is 14.6. The van der Waals surface area contributed by atoms with Gasteiger partial charge in [0, 0.05) is 4.88 Å². The number of hydrogen-bond acceptors (Lipinski definition) is 4. The van der Waals surface area contributed by atoms with Crippen molar-refractivity contribution in [3.63, 3.8) is 0 Å². The molecule has 0 amide bonds. The molecule has 2 heterocycles. The van der Waals surface area contributed by atoms with E-state index in [4.69, 9.17) is 0 Å². The second-order valence-corrected chi connectivity index (χ2v) is 6.14. The molecule has 1 atom stereocenters. The van der Waals surface area contributed by atoms with Crippen LogP contribution in [0.15, 0.2) is 52.9 Å². The normalized spacial score (nSPS) is 23.2. The van der Waals surface area contributed by atoms with E-state index in [0.717, 1.165) is 5.69 Å². The number of benzene rings is 1. The third kappa shape index (κ3) is 1.77. The maximum absolute atomic E-state index is 4.49. The topological polar surface area (TPSA) is 15.6 Å². The first-order valence-electron chi connectivity index (χ1n) is 5.40. The van der Waals surface area contributed by atoms with Crippen molar-refractivity contribution in [1.82, 2.24) is 0 Å². The van der Waals surface area contributed by atoms with Crippen molar-refractivity contribution in [2.75, 3.05) is 5.01 Å². The van der Waals surface area contributed by atoms with Crippen LogP contribution in [0.1, 0.15) is 11.8 Å². The molecule has 0 saturated heterocycles. The summed E-state index contributed by atoms with van der Waals surface area (Å²) < 4.78 is 0. The van der Waals surface area contributed by atoms with Gasteiger partial charge in [0.2, 0.25) is 0 Å². The number of nitrogens with zero attached hydrogens (tertiary/aromatic N) is 2. The lowest BCUT2D eigenvalue weighted by Gasteiger charge is -2.32. The van der Waals surface area contributed by atoms with E-state index in [2.05, 4.69) is 46.7 Å². The number of rotatable bonds is 2. The fourth-order valence-electron chi connectivity index (χ4n) is 1.92. The van der Waals surface area contributed by atoms with Crippen LogP contribution < -0.4 is 5.01 Å². The van der Waals surface area contributed by atoms with Gasteiger partial charge < -0.3 is 0 Å². The molecule has 1 aliphatic rings. The molecule has 1 aromatic heterocycles. The maximum atomic E-state index is 4.49. The highest BCUT2D eigenvalue weighted by Gasteiger charge is 2.39. The van der Waals surface area contributed by atoms with Crippen LogP contribution in [0.5, 0.6) is 0 Å². The molecule has 1 unspecified atom stereocenters. The van der Waals surface area contributed by atoms with Crippen molar-refractivity contribution in [3.05, 3.63) is 52.7 Å². The molecule has 4 heteroatoms. The molecule has 1 aromatic carbocycles. The van der Waals surface area contributed by atoms with Crippen LogP contribution >= 0.6 is 23.1 Å². The van der Waals surface area contributed by atoms with Crippen LogP contribution in [0.25, 0.3) is 0 Å². The molecule has 0 radical (unpaired) electrons. The Balaban J connectivity index is 2.02. The summed E-state index contributed by atoms with van der Waals surface area (Å²) in [4.78, 5) is 1.21. The summed E-state index contributed by atoms with van der Waals surface area (Å²) in [6.45, 7) is 2.21.